The highest BCUT2D eigenvalue weighted by molar-refractivity contribution is 8.00. The van der Waals surface area contributed by atoms with Crippen LogP contribution in [0.4, 0.5) is 5.69 Å². The van der Waals surface area contributed by atoms with Gasteiger partial charge in [-0.1, -0.05) is 6.07 Å². The highest BCUT2D eigenvalue weighted by Crippen LogP contribution is 2.32. The van der Waals surface area contributed by atoms with Gasteiger partial charge in [0.05, 0.1) is 5.75 Å². The summed E-state index contributed by atoms with van der Waals surface area (Å²) in [6.07, 6.45) is 0. The number of hydrogen-bond donors (Lipinski definition) is 1. The van der Waals surface area contributed by atoms with Crippen LogP contribution in [0.5, 0.6) is 11.5 Å². The number of rotatable bonds is 6. The predicted molar refractivity (Wildman–Crippen MR) is 104 cm³/mol. The van der Waals surface area contributed by atoms with E-state index in [0.717, 1.165) is 4.90 Å². The van der Waals surface area contributed by atoms with E-state index in [4.69, 9.17) is 14.2 Å². The third-order valence-corrected chi connectivity index (χ3v) is 4.99. The molecule has 2 aromatic carbocycles. The van der Waals surface area contributed by atoms with Gasteiger partial charge >= 0.3 is 5.97 Å². The Hall–Kier alpha value is -2.67. The second-order valence-corrected chi connectivity index (χ2v) is 7.15. The van der Waals surface area contributed by atoms with Crippen molar-refractivity contribution in [2.75, 3.05) is 30.9 Å². The number of carbonyl (C=O) groups is 2. The summed E-state index contributed by atoms with van der Waals surface area (Å²) in [5.74, 6) is 0.543. The molecule has 0 fully saturated rings. The zero-order chi connectivity index (χ0) is 19.2. The fraction of sp³-hybridized carbons (Fsp3) is 0.300. The second-order valence-electron chi connectivity index (χ2n) is 6.10. The van der Waals surface area contributed by atoms with E-state index in [9.17, 15) is 9.59 Å². The van der Waals surface area contributed by atoms with Gasteiger partial charge in [0.1, 0.15) is 13.2 Å². The largest absolute Gasteiger partial charge is 0.486 e. The molecule has 1 N–H and O–H groups in total. The highest BCUT2D eigenvalue weighted by Gasteiger charge is 2.14. The third-order valence-electron chi connectivity index (χ3n) is 4.03. The van der Waals surface area contributed by atoms with Gasteiger partial charge in [0.2, 0.25) is 0 Å². The molecular weight excluding hydrogens is 366 g/mol. The van der Waals surface area contributed by atoms with Crippen molar-refractivity contribution in [1.29, 1.82) is 0 Å². The van der Waals surface area contributed by atoms with Crippen LogP contribution in [0.1, 0.15) is 11.1 Å². The number of ether oxygens (including phenoxy) is 3. The summed E-state index contributed by atoms with van der Waals surface area (Å²) in [4.78, 5) is 24.8. The van der Waals surface area contributed by atoms with Gasteiger partial charge in [-0.2, -0.15) is 0 Å². The molecule has 6 nitrogen and oxygen atoms in total. The number of nitrogens with one attached hydrogen (secondary N) is 1. The second kappa shape index (κ2) is 8.81. The average Bonchev–Trinajstić information content (AvgIpc) is 2.67. The molecule has 7 heteroatoms. The Morgan fingerprint density at radius 3 is 2.59 bits per heavy atom. The van der Waals surface area contributed by atoms with E-state index in [0.29, 0.717) is 30.4 Å². The van der Waals surface area contributed by atoms with Crippen LogP contribution in [0.25, 0.3) is 0 Å². The molecular formula is C20H21NO5S. The fourth-order valence-electron chi connectivity index (χ4n) is 2.45. The predicted octanol–water partition coefficient (Wildman–Crippen LogP) is 3.35. The van der Waals surface area contributed by atoms with Crippen molar-refractivity contribution in [2.24, 2.45) is 0 Å². The maximum Gasteiger partial charge on any atom is 0.316 e. The van der Waals surface area contributed by atoms with Gasteiger partial charge in [-0.3, -0.25) is 9.59 Å². The van der Waals surface area contributed by atoms with Crippen molar-refractivity contribution >= 4 is 29.3 Å². The Labute approximate surface area is 162 Å². The quantitative estimate of drug-likeness (QED) is 0.605. The van der Waals surface area contributed by atoms with Crippen LogP contribution in [0.3, 0.4) is 0 Å². The Bertz CT molecular complexity index is 852. The van der Waals surface area contributed by atoms with Crippen LogP contribution in [0, 0.1) is 13.8 Å². The third kappa shape index (κ3) is 5.40. The van der Waals surface area contributed by atoms with E-state index in [1.54, 1.807) is 18.2 Å². The van der Waals surface area contributed by atoms with E-state index in [2.05, 4.69) is 5.32 Å². The van der Waals surface area contributed by atoms with E-state index in [1.807, 2.05) is 32.0 Å². The molecule has 3 rings (SSSR count). The van der Waals surface area contributed by atoms with Crippen LogP contribution < -0.4 is 14.8 Å². The minimum atomic E-state index is -0.435. The topological polar surface area (TPSA) is 73.9 Å². The summed E-state index contributed by atoms with van der Waals surface area (Å²) in [7, 11) is 0. The summed E-state index contributed by atoms with van der Waals surface area (Å²) in [6.45, 7) is 4.72. The molecule has 1 amide bonds. The van der Waals surface area contributed by atoms with Crippen LogP contribution in [0.2, 0.25) is 0 Å². The zero-order valence-electron chi connectivity index (χ0n) is 15.2. The van der Waals surface area contributed by atoms with E-state index >= 15 is 0 Å². The van der Waals surface area contributed by atoms with Gasteiger partial charge < -0.3 is 19.5 Å². The number of benzene rings is 2. The summed E-state index contributed by atoms with van der Waals surface area (Å²) in [6, 6.07) is 11.1. The van der Waals surface area contributed by atoms with Crippen molar-refractivity contribution in [2.45, 2.75) is 18.7 Å². The molecule has 1 aliphatic heterocycles. The molecule has 0 bridgehead atoms. The first kappa shape index (κ1) is 19.1. The number of aryl methyl sites for hydroxylation is 2. The van der Waals surface area contributed by atoms with Crippen molar-refractivity contribution < 1.29 is 23.8 Å². The lowest BCUT2D eigenvalue weighted by molar-refractivity contribution is -0.144. The normalized spacial score (nSPS) is 12.4. The highest BCUT2D eigenvalue weighted by atomic mass is 32.2. The first-order valence-electron chi connectivity index (χ1n) is 8.56. The maximum atomic E-state index is 12.0. The summed E-state index contributed by atoms with van der Waals surface area (Å²) in [5, 5.41) is 2.68. The zero-order valence-corrected chi connectivity index (χ0v) is 16.1. The summed E-state index contributed by atoms with van der Waals surface area (Å²) in [5.41, 5.74) is 2.94. The smallest absolute Gasteiger partial charge is 0.316 e. The van der Waals surface area contributed by atoms with Gasteiger partial charge in [-0.15, -0.1) is 11.8 Å². The lowest BCUT2D eigenvalue weighted by Gasteiger charge is -2.19. The Kier molecular flexibility index (Phi) is 6.24. The Morgan fingerprint density at radius 1 is 1.04 bits per heavy atom. The molecule has 0 unspecified atom stereocenters. The number of carbonyl (C=O) groups excluding carboxylic acids is 2. The summed E-state index contributed by atoms with van der Waals surface area (Å²) < 4.78 is 15.9. The molecule has 0 saturated carbocycles. The van der Waals surface area contributed by atoms with Crippen molar-refractivity contribution in [3.05, 3.63) is 47.5 Å². The van der Waals surface area contributed by atoms with Gasteiger partial charge in [0.15, 0.2) is 18.1 Å². The van der Waals surface area contributed by atoms with Crippen molar-refractivity contribution in [1.82, 2.24) is 0 Å². The molecule has 0 saturated heterocycles. The van der Waals surface area contributed by atoms with E-state index in [1.165, 1.54) is 22.9 Å². The standard InChI is InChI=1S/C20H21NO5S/c1-13-3-5-16(9-14(13)2)27-12-20(23)26-11-19(22)21-15-4-6-17-18(10-15)25-8-7-24-17/h3-6,9-10H,7-8,11-12H2,1-2H3,(H,21,22). The minimum Gasteiger partial charge on any atom is -0.486 e. The summed E-state index contributed by atoms with van der Waals surface area (Å²) >= 11 is 1.39. The number of esters is 1. The molecule has 0 aromatic heterocycles. The Balaban J connectivity index is 1.43. The minimum absolute atomic E-state index is 0.153. The maximum absolute atomic E-state index is 12.0. The van der Waals surface area contributed by atoms with Gasteiger partial charge in [-0.25, -0.2) is 0 Å². The van der Waals surface area contributed by atoms with Crippen LogP contribution in [-0.2, 0) is 14.3 Å². The van der Waals surface area contributed by atoms with Crippen LogP contribution in [0.15, 0.2) is 41.3 Å². The Morgan fingerprint density at radius 2 is 1.81 bits per heavy atom. The molecule has 0 radical (unpaired) electrons. The number of thioether (sulfide) groups is 1. The molecule has 0 atom stereocenters. The van der Waals surface area contributed by atoms with E-state index in [-0.39, 0.29) is 12.4 Å². The van der Waals surface area contributed by atoms with Crippen molar-refractivity contribution in [3.63, 3.8) is 0 Å². The van der Waals surface area contributed by atoms with E-state index < -0.39 is 11.9 Å². The molecule has 0 aliphatic carbocycles. The lowest BCUT2D eigenvalue weighted by Crippen LogP contribution is -2.22. The molecule has 27 heavy (non-hydrogen) atoms. The molecule has 2 aromatic rings. The first-order valence-corrected chi connectivity index (χ1v) is 9.55. The molecule has 1 heterocycles. The molecule has 0 spiro atoms. The lowest BCUT2D eigenvalue weighted by atomic mass is 10.1. The molecule has 1 aliphatic rings. The van der Waals surface area contributed by atoms with Crippen LogP contribution in [-0.4, -0.2) is 37.4 Å². The molecule has 142 valence electrons. The van der Waals surface area contributed by atoms with Gasteiger partial charge in [0.25, 0.3) is 5.91 Å². The SMILES string of the molecule is Cc1ccc(SCC(=O)OCC(=O)Nc2ccc3c(c2)OCCO3)cc1C. The number of anilines is 1. The average molecular weight is 387 g/mol. The van der Waals surface area contributed by atoms with Gasteiger partial charge in [-0.05, 0) is 49.2 Å². The van der Waals surface area contributed by atoms with Gasteiger partial charge in [0, 0.05) is 16.6 Å². The number of fused-ring (bicyclic) bond motifs is 1. The van der Waals surface area contributed by atoms with Crippen LogP contribution >= 0.6 is 11.8 Å². The first-order chi connectivity index (χ1) is 13.0. The van der Waals surface area contributed by atoms with Crippen molar-refractivity contribution in [3.8, 4) is 11.5 Å². The number of hydrogen-bond acceptors (Lipinski definition) is 6. The fourth-order valence-corrected chi connectivity index (χ4v) is 3.24. The monoisotopic (exact) mass is 387 g/mol. The number of amides is 1.